The second kappa shape index (κ2) is 6.84. The van der Waals surface area contributed by atoms with Crippen molar-refractivity contribution in [1.82, 2.24) is 14.3 Å². The summed E-state index contributed by atoms with van der Waals surface area (Å²) in [5.41, 5.74) is 0. The highest BCUT2D eigenvalue weighted by Crippen LogP contribution is 2.30. The van der Waals surface area contributed by atoms with Crippen LogP contribution in [-0.4, -0.2) is 52.0 Å². The molecule has 0 radical (unpaired) electrons. The van der Waals surface area contributed by atoms with Crippen LogP contribution in [0.2, 0.25) is 0 Å². The molecular weight excluding hydrogens is 314 g/mol. The van der Waals surface area contributed by atoms with Gasteiger partial charge in [0.25, 0.3) is 10.2 Å². The fraction of sp³-hybridized carbons (Fsp3) is 0.583. The largest absolute Gasteiger partial charge is 0.383 e. The van der Waals surface area contributed by atoms with E-state index in [-0.39, 0.29) is 11.9 Å². The second-order valence-corrected chi connectivity index (χ2v) is 7.48. The van der Waals surface area contributed by atoms with Crippen LogP contribution >= 0.6 is 11.3 Å². The summed E-state index contributed by atoms with van der Waals surface area (Å²) < 4.78 is 32.8. The zero-order valence-corrected chi connectivity index (χ0v) is 13.5. The summed E-state index contributed by atoms with van der Waals surface area (Å²) in [6.07, 6.45) is 0.398. The molecule has 0 saturated carbocycles. The van der Waals surface area contributed by atoms with Gasteiger partial charge in [-0.1, -0.05) is 6.07 Å². The first-order valence-corrected chi connectivity index (χ1v) is 8.83. The van der Waals surface area contributed by atoms with Crippen molar-refractivity contribution in [3.05, 3.63) is 22.4 Å². The molecule has 0 unspecified atom stereocenters. The number of amides is 1. The van der Waals surface area contributed by atoms with Crippen LogP contribution in [0.15, 0.2) is 17.5 Å². The molecule has 1 aromatic heterocycles. The first kappa shape index (κ1) is 16.4. The van der Waals surface area contributed by atoms with E-state index in [0.717, 1.165) is 9.18 Å². The van der Waals surface area contributed by atoms with Gasteiger partial charge < -0.3 is 10.1 Å². The van der Waals surface area contributed by atoms with E-state index >= 15 is 0 Å². The van der Waals surface area contributed by atoms with Crippen molar-refractivity contribution in [2.75, 3.05) is 27.3 Å². The minimum Gasteiger partial charge on any atom is -0.383 e. The van der Waals surface area contributed by atoms with E-state index in [0.29, 0.717) is 19.6 Å². The maximum Gasteiger partial charge on any atom is 0.280 e. The van der Waals surface area contributed by atoms with Gasteiger partial charge in [-0.15, -0.1) is 11.3 Å². The van der Waals surface area contributed by atoms with Crippen molar-refractivity contribution in [1.29, 1.82) is 0 Å². The average molecular weight is 333 g/mol. The highest BCUT2D eigenvalue weighted by Gasteiger charge is 2.40. The first-order chi connectivity index (χ1) is 9.95. The number of ether oxygens (including phenoxy) is 1. The summed E-state index contributed by atoms with van der Waals surface area (Å²) in [5.74, 6) is -0.304. The fourth-order valence-electron chi connectivity index (χ4n) is 2.18. The number of carbonyl (C=O) groups excluding carboxylic acids is 1. The molecule has 2 N–H and O–H groups in total. The second-order valence-electron chi connectivity index (χ2n) is 4.74. The molecule has 0 spiro atoms. The van der Waals surface area contributed by atoms with Gasteiger partial charge in [-0.25, -0.2) is 0 Å². The monoisotopic (exact) mass is 333 g/mol. The topological polar surface area (TPSA) is 87.7 Å². The van der Waals surface area contributed by atoms with Gasteiger partial charge in [-0.3, -0.25) is 4.79 Å². The molecule has 0 aromatic carbocycles. The molecule has 21 heavy (non-hydrogen) atoms. The number of carbonyl (C=O) groups is 1. The Labute approximate surface area is 128 Å². The highest BCUT2D eigenvalue weighted by molar-refractivity contribution is 7.87. The average Bonchev–Trinajstić information content (AvgIpc) is 2.95. The van der Waals surface area contributed by atoms with E-state index in [1.165, 1.54) is 18.4 Å². The van der Waals surface area contributed by atoms with Crippen molar-refractivity contribution in [2.24, 2.45) is 0 Å². The summed E-state index contributed by atoms with van der Waals surface area (Å²) in [6, 6.07) is 2.63. The predicted octanol–water partition coefficient (Wildman–Crippen LogP) is 0.0903. The van der Waals surface area contributed by atoms with Crippen LogP contribution < -0.4 is 10.0 Å². The van der Waals surface area contributed by atoms with Gasteiger partial charge in [-0.2, -0.15) is 17.4 Å². The normalized spacial score (nSPS) is 25.6. The van der Waals surface area contributed by atoms with Crippen LogP contribution in [0.1, 0.15) is 17.3 Å². The summed E-state index contributed by atoms with van der Waals surface area (Å²) in [7, 11) is -0.712. The van der Waals surface area contributed by atoms with Crippen molar-refractivity contribution in [2.45, 2.75) is 18.5 Å². The maximum absolute atomic E-state index is 12.2. The first-order valence-electron chi connectivity index (χ1n) is 6.51. The number of methoxy groups -OCH3 is 1. The molecule has 1 saturated heterocycles. The Balaban J connectivity index is 2.13. The van der Waals surface area contributed by atoms with E-state index in [9.17, 15) is 13.2 Å². The van der Waals surface area contributed by atoms with Gasteiger partial charge in [0.05, 0.1) is 12.6 Å². The van der Waals surface area contributed by atoms with Crippen molar-refractivity contribution in [3.63, 3.8) is 0 Å². The Morgan fingerprint density at radius 2 is 2.38 bits per heavy atom. The Hall–Kier alpha value is -1.00. The highest BCUT2D eigenvalue weighted by atomic mass is 32.2. The van der Waals surface area contributed by atoms with Crippen LogP contribution in [0.5, 0.6) is 0 Å². The molecular formula is C12H19N3O4S2. The van der Waals surface area contributed by atoms with E-state index in [1.54, 1.807) is 7.11 Å². The molecule has 2 rings (SSSR count). The standard InChI is InChI=1S/C12H19N3O4S2/c1-15-10(12(16)13-5-6-19-2)8-9(14-21(15,17)18)11-4-3-7-20-11/h3-4,7,9-10,14H,5-6,8H2,1-2H3,(H,13,16)/t9-,10+/m0/s1. The molecule has 9 heteroatoms. The van der Waals surface area contributed by atoms with Crippen LogP contribution in [0.4, 0.5) is 0 Å². The van der Waals surface area contributed by atoms with Gasteiger partial charge in [0.2, 0.25) is 5.91 Å². The zero-order chi connectivity index (χ0) is 15.5. The smallest absolute Gasteiger partial charge is 0.280 e. The van der Waals surface area contributed by atoms with Crippen molar-refractivity contribution >= 4 is 27.5 Å². The Kier molecular flexibility index (Phi) is 5.33. The number of rotatable bonds is 5. The third kappa shape index (κ3) is 3.80. The molecule has 1 amide bonds. The number of thiophene rings is 1. The van der Waals surface area contributed by atoms with E-state index in [4.69, 9.17) is 4.74 Å². The Bertz CT molecular complexity index is 573. The molecule has 1 fully saturated rings. The van der Waals surface area contributed by atoms with E-state index < -0.39 is 16.3 Å². The van der Waals surface area contributed by atoms with E-state index in [2.05, 4.69) is 10.0 Å². The molecule has 2 heterocycles. The minimum atomic E-state index is -3.66. The van der Waals surface area contributed by atoms with Crippen LogP contribution in [0.25, 0.3) is 0 Å². The number of hydrogen-bond acceptors (Lipinski definition) is 5. The molecule has 118 valence electrons. The number of likely N-dealkylation sites (N-methyl/N-ethyl adjacent to an activating group) is 1. The quantitative estimate of drug-likeness (QED) is 0.748. The maximum atomic E-state index is 12.2. The number of nitrogens with one attached hydrogen (secondary N) is 2. The molecule has 1 aromatic rings. The van der Waals surface area contributed by atoms with Gasteiger partial charge >= 0.3 is 0 Å². The van der Waals surface area contributed by atoms with Crippen molar-refractivity contribution < 1.29 is 17.9 Å². The third-order valence-corrected chi connectivity index (χ3v) is 5.94. The predicted molar refractivity (Wildman–Crippen MR) is 80.2 cm³/mol. The summed E-state index contributed by atoms with van der Waals surface area (Å²) in [4.78, 5) is 13.1. The molecule has 0 aliphatic carbocycles. The minimum absolute atomic E-state index is 0.304. The molecule has 2 atom stereocenters. The SMILES string of the molecule is COCCNC(=O)[C@H]1C[C@@H](c2cccs2)NS(=O)(=O)N1C. The lowest BCUT2D eigenvalue weighted by atomic mass is 10.1. The lowest BCUT2D eigenvalue weighted by Crippen LogP contribution is -2.57. The van der Waals surface area contributed by atoms with Gasteiger partial charge in [-0.05, 0) is 17.9 Å². The third-order valence-electron chi connectivity index (χ3n) is 3.36. The Morgan fingerprint density at radius 3 is 3.00 bits per heavy atom. The molecule has 7 nitrogen and oxygen atoms in total. The molecule has 1 aliphatic rings. The lowest BCUT2D eigenvalue weighted by molar-refractivity contribution is -0.125. The van der Waals surface area contributed by atoms with Crippen LogP contribution in [0, 0.1) is 0 Å². The summed E-state index contributed by atoms with van der Waals surface area (Å²) in [6.45, 7) is 0.748. The zero-order valence-electron chi connectivity index (χ0n) is 11.9. The summed E-state index contributed by atoms with van der Waals surface area (Å²) in [5, 5.41) is 4.58. The van der Waals surface area contributed by atoms with Gasteiger partial charge in [0.15, 0.2) is 0 Å². The lowest BCUT2D eigenvalue weighted by Gasteiger charge is -2.35. The number of nitrogens with zero attached hydrogens (tertiary/aromatic N) is 1. The van der Waals surface area contributed by atoms with Crippen molar-refractivity contribution in [3.8, 4) is 0 Å². The molecule has 1 aliphatic heterocycles. The Morgan fingerprint density at radius 1 is 1.62 bits per heavy atom. The molecule has 0 bridgehead atoms. The van der Waals surface area contributed by atoms with Crippen LogP contribution in [0.3, 0.4) is 0 Å². The number of hydrogen-bond donors (Lipinski definition) is 2. The fourth-order valence-corrected chi connectivity index (χ4v) is 4.31. The van der Waals surface area contributed by atoms with Crippen LogP contribution in [-0.2, 0) is 19.7 Å². The van der Waals surface area contributed by atoms with Gasteiger partial charge in [0.1, 0.15) is 6.04 Å². The van der Waals surface area contributed by atoms with E-state index in [1.807, 2.05) is 17.5 Å². The van der Waals surface area contributed by atoms with Gasteiger partial charge in [0, 0.05) is 25.6 Å². The summed E-state index contributed by atoms with van der Waals surface area (Å²) >= 11 is 1.47.